The molecule has 148 valence electrons. The molecule has 1 heterocycles. The molecular formula is C25H19NO4. The van der Waals surface area contributed by atoms with Crippen LogP contribution in [0.4, 0.5) is 0 Å². The van der Waals surface area contributed by atoms with Crippen molar-refractivity contribution < 1.29 is 19.1 Å². The van der Waals surface area contributed by atoms with E-state index in [-0.39, 0.29) is 17.9 Å². The molecular weight excluding hydrogens is 378 g/mol. The molecule has 0 aliphatic heterocycles. The van der Waals surface area contributed by atoms with Gasteiger partial charge in [-0.25, -0.2) is 14.6 Å². The minimum atomic E-state index is -0.567. The molecule has 0 N–H and O–H groups in total. The fourth-order valence-corrected chi connectivity index (χ4v) is 3.19. The minimum absolute atomic E-state index is 0.156. The van der Waals surface area contributed by atoms with E-state index in [1.165, 1.54) is 0 Å². The molecule has 0 bridgehead atoms. The lowest BCUT2D eigenvalue weighted by molar-refractivity contribution is 0.0520. The van der Waals surface area contributed by atoms with Crippen molar-refractivity contribution in [2.24, 2.45) is 0 Å². The van der Waals surface area contributed by atoms with Crippen molar-refractivity contribution in [1.29, 1.82) is 0 Å². The van der Waals surface area contributed by atoms with Gasteiger partial charge in [0.25, 0.3) is 0 Å². The second-order valence-electron chi connectivity index (χ2n) is 6.54. The van der Waals surface area contributed by atoms with Crippen LogP contribution in [0, 0.1) is 0 Å². The monoisotopic (exact) mass is 397 g/mol. The molecule has 1 aromatic heterocycles. The van der Waals surface area contributed by atoms with Gasteiger partial charge in [0.05, 0.1) is 23.4 Å². The Morgan fingerprint density at radius 2 is 1.50 bits per heavy atom. The maximum Gasteiger partial charge on any atom is 0.344 e. The zero-order chi connectivity index (χ0) is 20.9. The average Bonchev–Trinajstić information content (AvgIpc) is 2.79. The molecule has 0 spiro atoms. The van der Waals surface area contributed by atoms with Crippen molar-refractivity contribution in [1.82, 2.24) is 4.98 Å². The van der Waals surface area contributed by atoms with E-state index in [1.807, 2.05) is 54.6 Å². The third kappa shape index (κ3) is 3.91. The van der Waals surface area contributed by atoms with Crippen molar-refractivity contribution in [2.75, 3.05) is 6.61 Å². The first-order chi connectivity index (χ1) is 14.7. The van der Waals surface area contributed by atoms with Gasteiger partial charge in [-0.05, 0) is 31.2 Å². The number of pyridine rings is 1. The summed E-state index contributed by atoms with van der Waals surface area (Å²) in [6, 6.07) is 25.3. The predicted octanol–water partition coefficient (Wildman–Crippen LogP) is 5.30. The molecule has 0 fully saturated rings. The highest BCUT2D eigenvalue weighted by Gasteiger charge is 2.20. The van der Waals surface area contributed by atoms with E-state index in [2.05, 4.69) is 4.98 Å². The number of ether oxygens (including phenoxy) is 2. The Kier molecular flexibility index (Phi) is 5.52. The maximum absolute atomic E-state index is 13.1. The van der Waals surface area contributed by atoms with E-state index in [0.29, 0.717) is 22.2 Å². The van der Waals surface area contributed by atoms with Crippen molar-refractivity contribution >= 4 is 22.8 Å². The lowest BCUT2D eigenvalue weighted by Gasteiger charge is -2.12. The summed E-state index contributed by atoms with van der Waals surface area (Å²) in [5.74, 6) is -0.948. The van der Waals surface area contributed by atoms with Gasteiger partial charge < -0.3 is 9.47 Å². The smallest absolute Gasteiger partial charge is 0.344 e. The van der Waals surface area contributed by atoms with Crippen LogP contribution in [0.2, 0.25) is 0 Å². The lowest BCUT2D eigenvalue weighted by Crippen LogP contribution is -2.14. The summed E-state index contributed by atoms with van der Waals surface area (Å²) in [6.07, 6.45) is 0. The van der Waals surface area contributed by atoms with E-state index in [4.69, 9.17) is 9.47 Å². The van der Waals surface area contributed by atoms with Gasteiger partial charge >= 0.3 is 11.9 Å². The van der Waals surface area contributed by atoms with Crippen LogP contribution >= 0.6 is 0 Å². The number of esters is 2. The summed E-state index contributed by atoms with van der Waals surface area (Å²) >= 11 is 0. The fraction of sp³-hybridized carbons (Fsp3) is 0.0800. The standard InChI is InChI=1S/C25H19NO4/c1-2-29-24(27)19-13-7-9-15-23(19)30-25(28)20-16-22(17-10-4-3-5-11-17)26-21-14-8-6-12-18(20)21/h3-16H,2H2,1H3. The molecule has 0 amide bonds. The molecule has 0 atom stereocenters. The van der Waals surface area contributed by atoms with Gasteiger partial charge in [-0.2, -0.15) is 0 Å². The van der Waals surface area contributed by atoms with Crippen LogP contribution in [0.15, 0.2) is 84.9 Å². The zero-order valence-corrected chi connectivity index (χ0v) is 16.4. The van der Waals surface area contributed by atoms with Crippen LogP contribution < -0.4 is 4.74 Å². The first kappa shape index (κ1) is 19.3. The van der Waals surface area contributed by atoms with Crippen LogP contribution in [0.1, 0.15) is 27.6 Å². The Bertz CT molecular complexity index is 1220. The molecule has 0 aliphatic carbocycles. The number of hydrogen-bond acceptors (Lipinski definition) is 5. The first-order valence-electron chi connectivity index (χ1n) is 9.61. The van der Waals surface area contributed by atoms with Gasteiger partial charge in [-0.1, -0.05) is 60.7 Å². The Hall–Kier alpha value is -3.99. The van der Waals surface area contributed by atoms with E-state index in [9.17, 15) is 9.59 Å². The predicted molar refractivity (Wildman–Crippen MR) is 115 cm³/mol. The molecule has 0 aliphatic rings. The van der Waals surface area contributed by atoms with E-state index >= 15 is 0 Å². The Balaban J connectivity index is 1.77. The third-order valence-corrected chi connectivity index (χ3v) is 4.59. The lowest BCUT2D eigenvalue weighted by atomic mass is 10.0. The second-order valence-corrected chi connectivity index (χ2v) is 6.54. The highest BCUT2D eigenvalue weighted by molar-refractivity contribution is 6.06. The summed E-state index contributed by atoms with van der Waals surface area (Å²) < 4.78 is 10.7. The number of benzene rings is 3. The number of carbonyl (C=O) groups excluding carboxylic acids is 2. The normalized spacial score (nSPS) is 10.6. The van der Waals surface area contributed by atoms with Crippen LogP contribution in [0.5, 0.6) is 5.75 Å². The van der Waals surface area contributed by atoms with Crippen LogP contribution in [0.3, 0.4) is 0 Å². The first-order valence-corrected chi connectivity index (χ1v) is 9.61. The molecule has 4 aromatic rings. The average molecular weight is 397 g/mol. The van der Waals surface area contributed by atoms with Gasteiger partial charge in [0.2, 0.25) is 0 Å². The number of rotatable bonds is 5. The molecule has 0 radical (unpaired) electrons. The highest BCUT2D eigenvalue weighted by Crippen LogP contribution is 2.27. The van der Waals surface area contributed by atoms with Crippen molar-refractivity contribution in [2.45, 2.75) is 6.92 Å². The van der Waals surface area contributed by atoms with E-state index in [0.717, 1.165) is 5.56 Å². The number of para-hydroxylation sites is 2. The summed E-state index contributed by atoms with van der Waals surface area (Å²) in [4.78, 5) is 30.0. The zero-order valence-electron chi connectivity index (χ0n) is 16.4. The van der Waals surface area contributed by atoms with E-state index < -0.39 is 11.9 Å². The molecule has 30 heavy (non-hydrogen) atoms. The quantitative estimate of drug-likeness (QED) is 0.338. The minimum Gasteiger partial charge on any atom is -0.462 e. The molecule has 0 saturated heterocycles. The molecule has 3 aromatic carbocycles. The van der Waals surface area contributed by atoms with Crippen molar-refractivity contribution in [3.05, 3.63) is 96.1 Å². The fourth-order valence-electron chi connectivity index (χ4n) is 3.19. The SMILES string of the molecule is CCOC(=O)c1ccccc1OC(=O)c1cc(-c2ccccc2)nc2ccccc12. The summed E-state index contributed by atoms with van der Waals surface area (Å²) in [5, 5.41) is 0.677. The largest absolute Gasteiger partial charge is 0.462 e. The van der Waals surface area contributed by atoms with Gasteiger partial charge in [0.15, 0.2) is 0 Å². The summed E-state index contributed by atoms with van der Waals surface area (Å²) in [5.41, 5.74) is 2.82. The molecule has 5 nitrogen and oxygen atoms in total. The number of nitrogens with zero attached hydrogens (tertiary/aromatic N) is 1. The molecule has 0 saturated carbocycles. The summed E-state index contributed by atoms with van der Waals surface area (Å²) in [6.45, 7) is 1.96. The van der Waals surface area contributed by atoms with Gasteiger partial charge in [0, 0.05) is 10.9 Å². The van der Waals surface area contributed by atoms with Crippen molar-refractivity contribution in [3.8, 4) is 17.0 Å². The van der Waals surface area contributed by atoms with Crippen molar-refractivity contribution in [3.63, 3.8) is 0 Å². The van der Waals surface area contributed by atoms with Gasteiger partial charge in [-0.15, -0.1) is 0 Å². The van der Waals surface area contributed by atoms with Crippen LogP contribution in [-0.2, 0) is 4.74 Å². The third-order valence-electron chi connectivity index (χ3n) is 4.59. The second kappa shape index (κ2) is 8.57. The molecule has 5 heteroatoms. The van der Waals surface area contributed by atoms with Crippen LogP contribution in [0.25, 0.3) is 22.2 Å². The molecule has 0 unspecified atom stereocenters. The Morgan fingerprint density at radius 1 is 0.800 bits per heavy atom. The molecule has 4 rings (SSSR count). The van der Waals surface area contributed by atoms with Gasteiger partial charge in [-0.3, -0.25) is 0 Å². The number of fused-ring (bicyclic) bond motifs is 1. The number of hydrogen-bond donors (Lipinski definition) is 0. The Morgan fingerprint density at radius 3 is 2.30 bits per heavy atom. The number of aromatic nitrogens is 1. The van der Waals surface area contributed by atoms with Crippen LogP contribution in [-0.4, -0.2) is 23.5 Å². The van der Waals surface area contributed by atoms with Gasteiger partial charge in [0.1, 0.15) is 11.3 Å². The topological polar surface area (TPSA) is 65.5 Å². The maximum atomic E-state index is 13.1. The highest BCUT2D eigenvalue weighted by atomic mass is 16.5. The van der Waals surface area contributed by atoms with E-state index in [1.54, 1.807) is 37.3 Å². The number of carbonyl (C=O) groups is 2. The summed E-state index contributed by atoms with van der Waals surface area (Å²) in [7, 11) is 0. The Labute approximate surface area is 173 Å².